The van der Waals surface area contributed by atoms with E-state index in [-0.39, 0.29) is 12.3 Å². The van der Waals surface area contributed by atoms with Crippen molar-refractivity contribution in [1.29, 1.82) is 0 Å². The molecule has 0 bridgehead atoms. The number of aliphatic hydroxyl groups is 1. The molecule has 0 unspecified atom stereocenters. The Morgan fingerprint density at radius 1 is 1.44 bits per heavy atom. The second-order valence-corrected chi connectivity index (χ2v) is 3.88. The quantitative estimate of drug-likeness (QED) is 0.650. The first-order chi connectivity index (χ1) is 8.56. The fourth-order valence-corrected chi connectivity index (χ4v) is 1.81. The third kappa shape index (κ3) is 1.84. The molecule has 0 amide bonds. The molecule has 0 atom stereocenters. The van der Waals surface area contributed by atoms with Crippen LogP contribution in [0.25, 0.3) is 11.4 Å². The van der Waals surface area contributed by atoms with Crippen LogP contribution in [0.5, 0.6) is 0 Å². The molecule has 1 N–H and O–H groups in total. The Labute approximate surface area is 103 Å². The van der Waals surface area contributed by atoms with Gasteiger partial charge in [-0.25, -0.2) is 0 Å². The van der Waals surface area contributed by atoms with Gasteiger partial charge in [-0.05, 0) is 12.5 Å². The van der Waals surface area contributed by atoms with E-state index in [1.807, 2.05) is 0 Å². The van der Waals surface area contributed by atoms with Gasteiger partial charge in [-0.1, -0.05) is 12.1 Å². The molecule has 0 fully saturated rings. The second-order valence-electron chi connectivity index (χ2n) is 3.88. The Morgan fingerprint density at radius 3 is 2.72 bits per heavy atom. The van der Waals surface area contributed by atoms with Crippen LogP contribution in [0, 0.1) is 17.0 Å². The highest BCUT2D eigenvalue weighted by Gasteiger charge is 2.22. The molecule has 0 aliphatic rings. The van der Waals surface area contributed by atoms with Crippen LogP contribution in [0.2, 0.25) is 0 Å². The number of nitrogens with zero attached hydrogens (tertiary/aromatic N) is 4. The van der Waals surface area contributed by atoms with E-state index in [4.69, 9.17) is 5.11 Å². The summed E-state index contributed by atoms with van der Waals surface area (Å²) in [7, 11) is 1.66. The first kappa shape index (κ1) is 12.2. The second kappa shape index (κ2) is 4.53. The van der Waals surface area contributed by atoms with Crippen LogP contribution in [-0.4, -0.2) is 24.8 Å². The van der Waals surface area contributed by atoms with Gasteiger partial charge in [0.1, 0.15) is 6.61 Å². The Balaban J connectivity index is 2.70. The molecule has 7 nitrogen and oxygen atoms in total. The summed E-state index contributed by atoms with van der Waals surface area (Å²) in [5, 5.41) is 27.8. The van der Waals surface area contributed by atoms with Crippen molar-refractivity contribution >= 4 is 5.69 Å². The third-order valence-electron chi connectivity index (χ3n) is 2.78. The number of nitro benzene ring substituents is 1. The van der Waals surface area contributed by atoms with E-state index in [0.717, 1.165) is 5.56 Å². The SMILES string of the molecule is Cc1cccc([N+](=O)[O-])c1-c1nnc(CO)n1C. The van der Waals surface area contributed by atoms with Crippen LogP contribution in [0.15, 0.2) is 18.2 Å². The molecular formula is C11H12N4O3. The fourth-order valence-electron chi connectivity index (χ4n) is 1.81. The zero-order valence-electron chi connectivity index (χ0n) is 9.99. The highest BCUT2D eigenvalue weighted by Crippen LogP contribution is 2.31. The predicted molar refractivity (Wildman–Crippen MR) is 63.8 cm³/mol. The Kier molecular flexibility index (Phi) is 3.07. The minimum absolute atomic E-state index is 0.0185. The van der Waals surface area contributed by atoms with E-state index in [1.165, 1.54) is 6.07 Å². The molecule has 18 heavy (non-hydrogen) atoms. The van der Waals surface area contributed by atoms with Gasteiger partial charge in [0, 0.05) is 13.1 Å². The molecule has 0 spiro atoms. The molecule has 1 aromatic heterocycles. The number of aliphatic hydroxyl groups excluding tert-OH is 1. The number of aryl methyl sites for hydroxylation is 1. The highest BCUT2D eigenvalue weighted by atomic mass is 16.6. The lowest BCUT2D eigenvalue weighted by atomic mass is 10.1. The molecule has 0 aliphatic carbocycles. The fraction of sp³-hybridized carbons (Fsp3) is 0.273. The van der Waals surface area contributed by atoms with Crippen molar-refractivity contribution in [2.45, 2.75) is 13.5 Å². The van der Waals surface area contributed by atoms with Crippen LogP contribution < -0.4 is 0 Å². The highest BCUT2D eigenvalue weighted by molar-refractivity contribution is 5.71. The number of hydrogen-bond acceptors (Lipinski definition) is 5. The Hall–Kier alpha value is -2.28. The van der Waals surface area contributed by atoms with Gasteiger partial charge in [-0.2, -0.15) is 0 Å². The van der Waals surface area contributed by atoms with Gasteiger partial charge in [-0.15, -0.1) is 10.2 Å². The standard InChI is InChI=1S/C11H12N4O3/c1-7-4-3-5-8(15(17)18)10(7)11-13-12-9(6-16)14(11)2/h3-5,16H,6H2,1-2H3. The molecule has 2 aromatic rings. The molecule has 0 radical (unpaired) electrons. The van der Waals surface area contributed by atoms with Crippen molar-refractivity contribution in [2.24, 2.45) is 7.05 Å². The van der Waals surface area contributed by atoms with Crippen molar-refractivity contribution in [3.63, 3.8) is 0 Å². The van der Waals surface area contributed by atoms with Gasteiger partial charge in [0.05, 0.1) is 10.5 Å². The zero-order valence-corrected chi connectivity index (χ0v) is 9.99. The Morgan fingerprint density at radius 2 is 2.17 bits per heavy atom. The summed E-state index contributed by atoms with van der Waals surface area (Å²) in [4.78, 5) is 10.6. The minimum Gasteiger partial charge on any atom is -0.388 e. The molecule has 0 aliphatic heterocycles. The normalized spacial score (nSPS) is 10.6. The maximum Gasteiger partial charge on any atom is 0.280 e. The van der Waals surface area contributed by atoms with Crippen molar-refractivity contribution < 1.29 is 10.0 Å². The van der Waals surface area contributed by atoms with Crippen molar-refractivity contribution in [2.75, 3.05) is 0 Å². The average molecular weight is 248 g/mol. The van der Waals surface area contributed by atoms with Gasteiger partial charge in [0.25, 0.3) is 5.69 Å². The zero-order chi connectivity index (χ0) is 13.3. The van der Waals surface area contributed by atoms with Crippen molar-refractivity contribution in [3.8, 4) is 11.4 Å². The van der Waals surface area contributed by atoms with E-state index in [9.17, 15) is 10.1 Å². The first-order valence-electron chi connectivity index (χ1n) is 5.29. The van der Waals surface area contributed by atoms with E-state index in [1.54, 1.807) is 30.7 Å². The molecule has 1 heterocycles. The van der Waals surface area contributed by atoms with Crippen LogP contribution >= 0.6 is 0 Å². The maximum atomic E-state index is 11.0. The maximum absolute atomic E-state index is 11.0. The summed E-state index contributed by atoms with van der Waals surface area (Å²) in [6.45, 7) is 1.51. The average Bonchev–Trinajstić information content (AvgIpc) is 2.70. The molecule has 1 aromatic carbocycles. The first-order valence-corrected chi connectivity index (χ1v) is 5.29. The van der Waals surface area contributed by atoms with Crippen molar-refractivity contribution in [3.05, 3.63) is 39.7 Å². The molecule has 2 rings (SSSR count). The monoisotopic (exact) mass is 248 g/mol. The minimum atomic E-state index is -0.449. The number of rotatable bonds is 3. The van der Waals surface area contributed by atoms with Gasteiger partial charge >= 0.3 is 0 Å². The molecule has 0 saturated heterocycles. The van der Waals surface area contributed by atoms with E-state index >= 15 is 0 Å². The van der Waals surface area contributed by atoms with Crippen LogP contribution in [-0.2, 0) is 13.7 Å². The topological polar surface area (TPSA) is 94.1 Å². The molecular weight excluding hydrogens is 236 g/mol. The lowest BCUT2D eigenvalue weighted by Gasteiger charge is -2.06. The van der Waals surface area contributed by atoms with E-state index in [0.29, 0.717) is 17.2 Å². The van der Waals surface area contributed by atoms with Crippen LogP contribution in [0.4, 0.5) is 5.69 Å². The van der Waals surface area contributed by atoms with Crippen molar-refractivity contribution in [1.82, 2.24) is 14.8 Å². The van der Waals surface area contributed by atoms with E-state index in [2.05, 4.69) is 10.2 Å². The van der Waals surface area contributed by atoms with E-state index < -0.39 is 4.92 Å². The summed E-state index contributed by atoms with van der Waals surface area (Å²) in [5.41, 5.74) is 1.15. The lowest BCUT2D eigenvalue weighted by molar-refractivity contribution is -0.384. The summed E-state index contributed by atoms with van der Waals surface area (Å²) < 4.78 is 1.55. The summed E-state index contributed by atoms with van der Waals surface area (Å²) in [6, 6.07) is 4.82. The predicted octanol–water partition coefficient (Wildman–Crippen LogP) is 1.19. The number of aromatic nitrogens is 3. The number of hydrogen-bond donors (Lipinski definition) is 1. The lowest BCUT2D eigenvalue weighted by Crippen LogP contribution is -2.02. The Bertz CT molecular complexity index is 606. The largest absolute Gasteiger partial charge is 0.388 e. The van der Waals surface area contributed by atoms with Gasteiger partial charge in [0.2, 0.25) is 0 Å². The molecule has 0 saturated carbocycles. The van der Waals surface area contributed by atoms with Crippen LogP contribution in [0.1, 0.15) is 11.4 Å². The number of nitro groups is 1. The smallest absolute Gasteiger partial charge is 0.280 e. The molecule has 94 valence electrons. The van der Waals surface area contributed by atoms with Crippen LogP contribution in [0.3, 0.4) is 0 Å². The summed E-state index contributed by atoms with van der Waals surface area (Å²) in [6.07, 6.45) is 0. The summed E-state index contributed by atoms with van der Waals surface area (Å²) >= 11 is 0. The summed E-state index contributed by atoms with van der Waals surface area (Å²) in [5.74, 6) is 0.742. The number of benzene rings is 1. The van der Waals surface area contributed by atoms with Gasteiger partial charge in [-0.3, -0.25) is 10.1 Å². The van der Waals surface area contributed by atoms with Gasteiger partial charge in [0.15, 0.2) is 11.6 Å². The molecule has 7 heteroatoms. The van der Waals surface area contributed by atoms with Gasteiger partial charge < -0.3 is 9.67 Å². The third-order valence-corrected chi connectivity index (χ3v) is 2.78.